The zero-order valence-corrected chi connectivity index (χ0v) is 18.5. The highest BCUT2D eigenvalue weighted by Gasteiger charge is 2.43. The number of alkyl halides is 1. The predicted molar refractivity (Wildman–Crippen MR) is 120 cm³/mol. The van der Waals surface area contributed by atoms with Crippen LogP contribution in [0, 0.1) is 0 Å². The molecule has 0 spiro atoms. The Kier molecular flexibility index (Phi) is 5.85. The number of carboxylic acids is 1. The summed E-state index contributed by atoms with van der Waals surface area (Å²) in [4.78, 5) is 30.3. The van der Waals surface area contributed by atoms with Gasteiger partial charge in [-0.1, -0.05) is 12.2 Å². The van der Waals surface area contributed by atoms with Crippen LogP contribution < -0.4 is 4.74 Å². The molecule has 1 amide bonds. The van der Waals surface area contributed by atoms with E-state index in [1.54, 1.807) is 29.2 Å². The Hall–Kier alpha value is -3.07. The number of carboxylic acid groups (broad SMARTS) is 1. The van der Waals surface area contributed by atoms with Gasteiger partial charge in [0.1, 0.15) is 22.3 Å². The van der Waals surface area contributed by atoms with Crippen molar-refractivity contribution in [3.63, 3.8) is 0 Å². The number of aliphatic carboxylic acids is 1. The molecule has 1 aliphatic heterocycles. The van der Waals surface area contributed by atoms with Gasteiger partial charge in [-0.2, -0.15) is 0 Å². The second-order valence-electron chi connectivity index (χ2n) is 7.96. The summed E-state index contributed by atoms with van der Waals surface area (Å²) in [5, 5.41) is 20.0. The van der Waals surface area contributed by atoms with Crippen LogP contribution in [-0.2, 0) is 4.79 Å². The van der Waals surface area contributed by atoms with Gasteiger partial charge in [-0.25, -0.2) is 4.39 Å². The van der Waals surface area contributed by atoms with Gasteiger partial charge in [0.05, 0.1) is 19.1 Å². The molecule has 1 aliphatic carbocycles. The first-order valence-corrected chi connectivity index (χ1v) is 11.2. The number of carbonyl (C=O) groups is 2. The molecule has 2 N–H and O–H groups in total. The van der Waals surface area contributed by atoms with E-state index in [9.17, 15) is 19.1 Å². The van der Waals surface area contributed by atoms with Crippen molar-refractivity contribution in [1.29, 1.82) is 0 Å². The molecule has 2 aliphatic rings. The molecule has 168 valence electrons. The number of hydrogen-bond acceptors (Lipinski definition) is 6. The fourth-order valence-corrected chi connectivity index (χ4v) is 5.26. The number of thioether (sulfide) groups is 1. The standard InChI is InChI=1S/C23H23FN2O5S/c1-23(24)8-5-13(6-9-23)12-26-21(30)16-17(22(26)32-11-7-15(27)28)20(31-2)14-4-3-10-25-18(14)19(16)29/h3-6,8,10,22,29H,7,9,11-12H2,1-2H3,(H,27,28). The Labute approximate surface area is 188 Å². The van der Waals surface area contributed by atoms with Crippen LogP contribution in [0.15, 0.2) is 42.1 Å². The molecule has 0 saturated carbocycles. The molecule has 2 unspecified atom stereocenters. The number of fused-ring (bicyclic) bond motifs is 2. The molecule has 0 saturated heterocycles. The number of phenolic OH excluding ortho intramolecular Hbond substituents is 1. The van der Waals surface area contributed by atoms with Gasteiger partial charge < -0.3 is 19.8 Å². The van der Waals surface area contributed by atoms with Gasteiger partial charge in [-0.05, 0) is 30.7 Å². The summed E-state index contributed by atoms with van der Waals surface area (Å²) in [6, 6.07) is 3.46. The number of nitrogens with zero attached hydrogens (tertiary/aromatic N) is 2. The summed E-state index contributed by atoms with van der Waals surface area (Å²) in [6.45, 7) is 1.68. The van der Waals surface area contributed by atoms with Crippen molar-refractivity contribution < 1.29 is 28.9 Å². The zero-order chi connectivity index (χ0) is 23.0. The number of phenols is 1. The summed E-state index contributed by atoms with van der Waals surface area (Å²) in [5.41, 5.74) is 0.212. The largest absolute Gasteiger partial charge is 0.505 e. The number of amides is 1. The Morgan fingerprint density at radius 2 is 2.25 bits per heavy atom. The topological polar surface area (TPSA) is 100.0 Å². The van der Waals surface area contributed by atoms with Crippen LogP contribution in [-0.4, -0.2) is 57.0 Å². The van der Waals surface area contributed by atoms with E-state index >= 15 is 0 Å². The van der Waals surface area contributed by atoms with Gasteiger partial charge >= 0.3 is 5.97 Å². The van der Waals surface area contributed by atoms with Crippen molar-refractivity contribution >= 4 is 34.5 Å². The fraction of sp³-hybridized carbons (Fsp3) is 0.348. The van der Waals surface area contributed by atoms with Gasteiger partial charge in [-0.3, -0.25) is 14.6 Å². The van der Waals surface area contributed by atoms with E-state index in [2.05, 4.69) is 4.98 Å². The summed E-state index contributed by atoms with van der Waals surface area (Å²) < 4.78 is 19.8. The summed E-state index contributed by atoms with van der Waals surface area (Å²) >= 11 is 1.29. The van der Waals surface area contributed by atoms with Gasteiger partial charge in [-0.15, -0.1) is 11.8 Å². The van der Waals surface area contributed by atoms with Crippen LogP contribution in [0.1, 0.15) is 41.1 Å². The van der Waals surface area contributed by atoms with Crippen LogP contribution in [0.5, 0.6) is 11.5 Å². The number of methoxy groups -OCH3 is 1. The maximum Gasteiger partial charge on any atom is 0.304 e. The molecule has 2 heterocycles. The Balaban J connectivity index is 1.79. The molecule has 0 radical (unpaired) electrons. The van der Waals surface area contributed by atoms with Gasteiger partial charge in [0.25, 0.3) is 5.91 Å². The third-order valence-corrected chi connectivity index (χ3v) is 6.83. The maximum absolute atomic E-state index is 14.2. The van der Waals surface area contributed by atoms with E-state index in [4.69, 9.17) is 9.84 Å². The number of pyridine rings is 1. The molecule has 1 aromatic carbocycles. The maximum atomic E-state index is 14.2. The smallest absolute Gasteiger partial charge is 0.304 e. The van der Waals surface area contributed by atoms with E-state index in [0.29, 0.717) is 16.7 Å². The predicted octanol–water partition coefficient (Wildman–Crippen LogP) is 4.23. The first-order valence-electron chi connectivity index (χ1n) is 10.1. The normalized spacial score (nSPS) is 22.2. The number of aromatic nitrogens is 1. The highest BCUT2D eigenvalue weighted by atomic mass is 32.2. The number of allylic oxidation sites excluding steroid dienone is 2. The Morgan fingerprint density at radius 3 is 2.91 bits per heavy atom. The zero-order valence-electron chi connectivity index (χ0n) is 17.7. The van der Waals surface area contributed by atoms with E-state index in [1.165, 1.54) is 38.1 Å². The lowest BCUT2D eigenvalue weighted by Gasteiger charge is -2.27. The summed E-state index contributed by atoms with van der Waals surface area (Å²) in [5.74, 6) is -0.882. The quantitative estimate of drug-likeness (QED) is 0.641. The van der Waals surface area contributed by atoms with Crippen molar-refractivity contribution in [1.82, 2.24) is 9.88 Å². The van der Waals surface area contributed by atoms with Crippen LogP contribution in [0.25, 0.3) is 10.9 Å². The van der Waals surface area contributed by atoms with E-state index in [1.807, 2.05) is 0 Å². The Bertz CT molecular complexity index is 1160. The van der Waals surface area contributed by atoms with Crippen LogP contribution in [0.3, 0.4) is 0 Å². The minimum Gasteiger partial charge on any atom is -0.505 e. The second kappa shape index (κ2) is 8.46. The molecule has 9 heteroatoms. The number of benzene rings is 1. The van der Waals surface area contributed by atoms with Crippen molar-refractivity contribution in [2.24, 2.45) is 0 Å². The Morgan fingerprint density at radius 1 is 1.47 bits per heavy atom. The van der Waals surface area contributed by atoms with E-state index in [-0.39, 0.29) is 42.0 Å². The number of aromatic hydroxyl groups is 1. The molecule has 4 rings (SSSR count). The lowest BCUT2D eigenvalue weighted by molar-refractivity contribution is -0.136. The van der Waals surface area contributed by atoms with Crippen molar-refractivity contribution in [3.05, 3.63) is 53.3 Å². The number of hydrogen-bond donors (Lipinski definition) is 2. The molecule has 2 atom stereocenters. The van der Waals surface area contributed by atoms with E-state index < -0.39 is 22.9 Å². The number of rotatable bonds is 7. The van der Waals surface area contributed by atoms with Crippen LogP contribution in [0.4, 0.5) is 4.39 Å². The average Bonchev–Trinajstić information content (AvgIpc) is 3.02. The molecule has 1 aromatic heterocycles. The third-order valence-electron chi connectivity index (χ3n) is 5.59. The summed E-state index contributed by atoms with van der Waals surface area (Å²) in [7, 11) is 1.49. The number of halogens is 1. The SMILES string of the molecule is COc1c2c(c(O)c3ncccc13)C(=O)N(CC1=CCC(C)(F)C=C1)C2SCCC(=O)O. The van der Waals surface area contributed by atoms with Crippen molar-refractivity contribution in [3.8, 4) is 11.5 Å². The molecule has 2 aromatic rings. The minimum absolute atomic E-state index is 0.0786. The van der Waals surface area contributed by atoms with Crippen LogP contribution in [0.2, 0.25) is 0 Å². The fourth-order valence-electron chi connectivity index (χ4n) is 4.01. The first kappa shape index (κ1) is 22.1. The second-order valence-corrected chi connectivity index (χ2v) is 9.15. The first-order chi connectivity index (χ1) is 15.2. The lowest BCUT2D eigenvalue weighted by Crippen LogP contribution is -2.30. The van der Waals surface area contributed by atoms with Gasteiger partial charge in [0.15, 0.2) is 5.75 Å². The monoisotopic (exact) mass is 458 g/mol. The highest BCUT2D eigenvalue weighted by molar-refractivity contribution is 7.99. The minimum atomic E-state index is -1.43. The molecular weight excluding hydrogens is 435 g/mol. The third kappa shape index (κ3) is 3.92. The molecule has 32 heavy (non-hydrogen) atoms. The summed E-state index contributed by atoms with van der Waals surface area (Å²) in [6.07, 6.45) is 6.53. The van der Waals surface area contributed by atoms with Gasteiger partial charge in [0.2, 0.25) is 0 Å². The highest BCUT2D eigenvalue weighted by Crippen LogP contribution is 2.52. The van der Waals surface area contributed by atoms with Crippen LogP contribution >= 0.6 is 11.8 Å². The lowest BCUT2D eigenvalue weighted by atomic mass is 9.95. The molecule has 7 nitrogen and oxygen atoms in total. The van der Waals surface area contributed by atoms with Crippen molar-refractivity contribution in [2.45, 2.75) is 30.8 Å². The van der Waals surface area contributed by atoms with Gasteiger partial charge in [0, 0.05) is 35.9 Å². The van der Waals surface area contributed by atoms with Crippen molar-refractivity contribution in [2.75, 3.05) is 19.4 Å². The number of carbonyl (C=O) groups excluding carboxylic acids is 1. The average molecular weight is 459 g/mol. The van der Waals surface area contributed by atoms with E-state index in [0.717, 1.165) is 5.57 Å². The number of ether oxygens (including phenoxy) is 1. The molecule has 0 fully saturated rings. The molecule has 0 bridgehead atoms. The molecular formula is C23H23FN2O5S.